The van der Waals surface area contributed by atoms with Crippen LogP contribution < -0.4 is 5.32 Å². The lowest BCUT2D eigenvalue weighted by Gasteiger charge is -2.27. The van der Waals surface area contributed by atoms with Gasteiger partial charge in [-0.25, -0.2) is 0 Å². The first kappa shape index (κ1) is 12.5. The molecule has 5 heteroatoms. The molecule has 1 aliphatic heterocycles. The maximum Gasteiger partial charge on any atom is 0.0640 e. The van der Waals surface area contributed by atoms with Crippen LogP contribution in [0.3, 0.4) is 0 Å². The molecular formula is C12H21N3O2. The molecule has 0 saturated carbocycles. The lowest BCUT2D eigenvalue weighted by molar-refractivity contribution is 0.0130. The van der Waals surface area contributed by atoms with Crippen LogP contribution in [0.5, 0.6) is 0 Å². The van der Waals surface area contributed by atoms with Crippen molar-refractivity contribution in [3.05, 3.63) is 18.0 Å². The average Bonchev–Trinajstić information content (AvgIpc) is 2.75. The molecule has 0 bridgehead atoms. The summed E-state index contributed by atoms with van der Waals surface area (Å²) in [5.74, 6) is 0. The molecule has 2 atom stereocenters. The standard InChI is InChI=1S/C12H21N3O2/c1-10-6-12(2-5-17-10)13-7-11-8-14-15(9-11)3-4-16/h8-10,12-13,16H,2-7H2,1H3. The van der Waals surface area contributed by atoms with Gasteiger partial charge >= 0.3 is 0 Å². The van der Waals surface area contributed by atoms with Crippen LogP contribution in [0.25, 0.3) is 0 Å². The average molecular weight is 239 g/mol. The highest BCUT2D eigenvalue weighted by Gasteiger charge is 2.18. The van der Waals surface area contributed by atoms with E-state index < -0.39 is 0 Å². The van der Waals surface area contributed by atoms with E-state index in [1.807, 2.05) is 12.4 Å². The molecule has 17 heavy (non-hydrogen) atoms. The van der Waals surface area contributed by atoms with Gasteiger partial charge in [0, 0.05) is 31.0 Å². The van der Waals surface area contributed by atoms with Crippen LogP contribution in [0.4, 0.5) is 0 Å². The topological polar surface area (TPSA) is 59.3 Å². The summed E-state index contributed by atoms with van der Waals surface area (Å²) in [6, 6.07) is 0.542. The van der Waals surface area contributed by atoms with Gasteiger partial charge in [-0.05, 0) is 19.8 Å². The minimum Gasteiger partial charge on any atom is -0.394 e. The fourth-order valence-corrected chi connectivity index (χ4v) is 2.17. The fourth-order valence-electron chi connectivity index (χ4n) is 2.17. The van der Waals surface area contributed by atoms with Crippen molar-refractivity contribution >= 4 is 0 Å². The van der Waals surface area contributed by atoms with Crippen LogP contribution in [0, 0.1) is 0 Å². The van der Waals surface area contributed by atoms with Gasteiger partial charge in [0.25, 0.3) is 0 Å². The summed E-state index contributed by atoms with van der Waals surface area (Å²) in [4.78, 5) is 0. The van der Waals surface area contributed by atoms with Gasteiger partial charge in [-0.3, -0.25) is 4.68 Å². The monoisotopic (exact) mass is 239 g/mol. The molecule has 1 aliphatic rings. The number of rotatable bonds is 5. The van der Waals surface area contributed by atoms with E-state index >= 15 is 0 Å². The first-order valence-corrected chi connectivity index (χ1v) is 6.25. The maximum absolute atomic E-state index is 8.80. The van der Waals surface area contributed by atoms with Crippen molar-refractivity contribution < 1.29 is 9.84 Å². The number of ether oxygens (including phenoxy) is 1. The summed E-state index contributed by atoms with van der Waals surface area (Å²) in [6.45, 7) is 4.50. The van der Waals surface area contributed by atoms with E-state index in [4.69, 9.17) is 9.84 Å². The molecule has 0 aliphatic carbocycles. The first-order valence-electron chi connectivity index (χ1n) is 6.25. The Kier molecular flexibility index (Phi) is 4.53. The fraction of sp³-hybridized carbons (Fsp3) is 0.750. The zero-order valence-corrected chi connectivity index (χ0v) is 10.3. The third-order valence-electron chi connectivity index (χ3n) is 3.10. The van der Waals surface area contributed by atoms with Crippen molar-refractivity contribution in [1.82, 2.24) is 15.1 Å². The second-order valence-electron chi connectivity index (χ2n) is 4.62. The van der Waals surface area contributed by atoms with Gasteiger partial charge < -0.3 is 15.2 Å². The Labute approximate surface area is 102 Å². The van der Waals surface area contributed by atoms with E-state index in [9.17, 15) is 0 Å². The number of hydrogen-bond acceptors (Lipinski definition) is 4. The highest BCUT2D eigenvalue weighted by molar-refractivity contribution is 5.03. The van der Waals surface area contributed by atoms with Crippen molar-refractivity contribution in [2.24, 2.45) is 0 Å². The Morgan fingerprint density at radius 1 is 1.65 bits per heavy atom. The maximum atomic E-state index is 8.80. The van der Waals surface area contributed by atoms with E-state index in [0.29, 0.717) is 18.7 Å². The quantitative estimate of drug-likeness (QED) is 0.787. The number of nitrogens with one attached hydrogen (secondary N) is 1. The number of hydrogen-bond donors (Lipinski definition) is 2. The summed E-state index contributed by atoms with van der Waals surface area (Å²) >= 11 is 0. The number of aromatic nitrogens is 2. The largest absolute Gasteiger partial charge is 0.394 e. The highest BCUT2D eigenvalue weighted by Crippen LogP contribution is 2.13. The summed E-state index contributed by atoms with van der Waals surface area (Å²) in [7, 11) is 0. The smallest absolute Gasteiger partial charge is 0.0640 e. The number of nitrogens with zero attached hydrogens (tertiary/aromatic N) is 2. The van der Waals surface area contributed by atoms with Gasteiger partial charge in [-0.15, -0.1) is 0 Å². The Balaban J connectivity index is 1.76. The van der Waals surface area contributed by atoms with Gasteiger partial charge in [-0.2, -0.15) is 5.10 Å². The van der Waals surface area contributed by atoms with Crippen LogP contribution in [-0.2, 0) is 17.8 Å². The van der Waals surface area contributed by atoms with Crippen LogP contribution in [0.15, 0.2) is 12.4 Å². The van der Waals surface area contributed by atoms with Crippen molar-refractivity contribution in [2.45, 2.75) is 45.0 Å². The SMILES string of the molecule is CC1CC(NCc2cnn(CCO)c2)CCO1. The van der Waals surface area contributed by atoms with Crippen molar-refractivity contribution in [3.63, 3.8) is 0 Å². The van der Waals surface area contributed by atoms with Gasteiger partial charge in [0.05, 0.1) is 25.5 Å². The molecule has 1 fully saturated rings. The molecule has 2 N–H and O–H groups in total. The lowest BCUT2D eigenvalue weighted by Crippen LogP contribution is -2.37. The second-order valence-corrected chi connectivity index (χ2v) is 4.62. The van der Waals surface area contributed by atoms with Gasteiger partial charge in [0.1, 0.15) is 0 Å². The molecule has 2 unspecified atom stereocenters. The molecule has 1 saturated heterocycles. The summed E-state index contributed by atoms with van der Waals surface area (Å²) < 4.78 is 7.28. The molecule has 96 valence electrons. The lowest BCUT2D eigenvalue weighted by atomic mass is 10.0. The molecule has 0 aromatic carbocycles. The van der Waals surface area contributed by atoms with E-state index in [0.717, 1.165) is 31.6 Å². The van der Waals surface area contributed by atoms with Gasteiger partial charge in [0.2, 0.25) is 0 Å². The van der Waals surface area contributed by atoms with E-state index in [1.54, 1.807) is 4.68 Å². The van der Waals surface area contributed by atoms with Crippen molar-refractivity contribution in [1.29, 1.82) is 0 Å². The zero-order valence-electron chi connectivity index (χ0n) is 10.3. The van der Waals surface area contributed by atoms with Crippen LogP contribution in [0.2, 0.25) is 0 Å². The summed E-state index contributed by atoms with van der Waals surface area (Å²) in [5.41, 5.74) is 1.16. The normalized spacial score (nSPS) is 25.1. The predicted molar refractivity (Wildman–Crippen MR) is 64.6 cm³/mol. The second kappa shape index (κ2) is 6.14. The molecule has 2 rings (SSSR count). The van der Waals surface area contributed by atoms with Crippen LogP contribution in [-0.4, -0.2) is 40.2 Å². The molecule has 0 radical (unpaired) electrons. The van der Waals surface area contributed by atoms with Crippen molar-refractivity contribution in [3.8, 4) is 0 Å². The first-order chi connectivity index (χ1) is 8.28. The van der Waals surface area contributed by atoms with Crippen LogP contribution in [0.1, 0.15) is 25.3 Å². The molecule has 5 nitrogen and oxygen atoms in total. The summed E-state index contributed by atoms with van der Waals surface area (Å²) in [5, 5.41) is 16.5. The molecule has 0 amide bonds. The third-order valence-corrected chi connectivity index (χ3v) is 3.10. The van der Waals surface area contributed by atoms with E-state index in [-0.39, 0.29) is 6.61 Å². The van der Waals surface area contributed by atoms with E-state index in [1.165, 1.54) is 0 Å². The van der Waals surface area contributed by atoms with Gasteiger partial charge in [0.15, 0.2) is 0 Å². The Bertz CT molecular complexity index is 340. The minimum atomic E-state index is 0.131. The van der Waals surface area contributed by atoms with Gasteiger partial charge in [-0.1, -0.05) is 0 Å². The Morgan fingerprint density at radius 2 is 2.53 bits per heavy atom. The molecule has 0 spiro atoms. The predicted octanol–water partition coefficient (Wildman–Crippen LogP) is 0.532. The Morgan fingerprint density at radius 3 is 3.29 bits per heavy atom. The molecule has 2 heterocycles. The molecule has 1 aromatic rings. The third kappa shape index (κ3) is 3.80. The van der Waals surface area contributed by atoms with E-state index in [2.05, 4.69) is 17.3 Å². The molecular weight excluding hydrogens is 218 g/mol. The van der Waals surface area contributed by atoms with Crippen molar-refractivity contribution in [2.75, 3.05) is 13.2 Å². The molecule has 1 aromatic heterocycles. The Hall–Kier alpha value is -0.910. The summed E-state index contributed by atoms with van der Waals surface area (Å²) in [6.07, 6.45) is 6.34. The highest BCUT2D eigenvalue weighted by atomic mass is 16.5. The minimum absolute atomic E-state index is 0.131. The number of aliphatic hydroxyl groups excluding tert-OH is 1. The van der Waals surface area contributed by atoms with Crippen LogP contribution >= 0.6 is 0 Å². The zero-order chi connectivity index (χ0) is 12.1. The number of aliphatic hydroxyl groups is 1.